The van der Waals surface area contributed by atoms with Crippen molar-refractivity contribution in [1.82, 2.24) is 5.32 Å². The molecule has 0 atom stereocenters. The van der Waals surface area contributed by atoms with Crippen LogP contribution in [0.4, 0.5) is 10.5 Å². The molecule has 0 aliphatic carbocycles. The van der Waals surface area contributed by atoms with Crippen LogP contribution in [-0.4, -0.2) is 25.1 Å². The minimum Gasteiger partial charge on any atom is -0.492 e. The molecule has 138 valence electrons. The van der Waals surface area contributed by atoms with Crippen molar-refractivity contribution >= 4 is 17.6 Å². The standard InChI is InChI=1S/C20H25N3O3/c1-3-4-15-6-9-17(10-7-15)26-12-11-22-20(25)23-18-13-16(19(21)24)8-5-14(18)2/h5-10,13H,3-4,11-12H2,1-2H3,(H2,21,24)(H2,22,23,25). The van der Waals surface area contributed by atoms with Gasteiger partial charge < -0.3 is 21.1 Å². The Bertz CT molecular complexity index is 757. The highest BCUT2D eigenvalue weighted by Crippen LogP contribution is 2.16. The van der Waals surface area contributed by atoms with Gasteiger partial charge in [0.05, 0.1) is 6.54 Å². The molecular weight excluding hydrogens is 330 g/mol. The van der Waals surface area contributed by atoms with Gasteiger partial charge in [-0.15, -0.1) is 0 Å². The second-order valence-corrected chi connectivity index (χ2v) is 6.02. The fraction of sp³-hybridized carbons (Fsp3) is 0.300. The lowest BCUT2D eigenvalue weighted by Crippen LogP contribution is -2.32. The van der Waals surface area contributed by atoms with Crippen LogP contribution in [0, 0.1) is 6.92 Å². The van der Waals surface area contributed by atoms with Crippen molar-refractivity contribution in [3.8, 4) is 5.75 Å². The summed E-state index contributed by atoms with van der Waals surface area (Å²) in [5, 5.41) is 5.43. The number of hydrogen-bond donors (Lipinski definition) is 3. The molecular formula is C20H25N3O3. The van der Waals surface area contributed by atoms with E-state index < -0.39 is 5.91 Å². The zero-order valence-electron chi connectivity index (χ0n) is 15.2. The van der Waals surface area contributed by atoms with E-state index in [1.54, 1.807) is 18.2 Å². The van der Waals surface area contributed by atoms with Gasteiger partial charge in [0.15, 0.2) is 0 Å². The third kappa shape index (κ3) is 5.81. The Balaban J connectivity index is 1.77. The van der Waals surface area contributed by atoms with E-state index >= 15 is 0 Å². The van der Waals surface area contributed by atoms with Crippen LogP contribution in [0.3, 0.4) is 0 Å². The van der Waals surface area contributed by atoms with E-state index in [1.807, 2.05) is 31.2 Å². The monoisotopic (exact) mass is 355 g/mol. The summed E-state index contributed by atoms with van der Waals surface area (Å²) in [4.78, 5) is 23.2. The van der Waals surface area contributed by atoms with E-state index in [0.717, 1.165) is 24.2 Å². The molecule has 2 aromatic carbocycles. The number of carbonyl (C=O) groups is 2. The maximum absolute atomic E-state index is 12.0. The van der Waals surface area contributed by atoms with Gasteiger partial charge in [0, 0.05) is 11.3 Å². The van der Waals surface area contributed by atoms with Crippen molar-refractivity contribution in [2.24, 2.45) is 5.73 Å². The number of amides is 3. The highest BCUT2D eigenvalue weighted by atomic mass is 16.5. The van der Waals surface area contributed by atoms with Gasteiger partial charge in [-0.2, -0.15) is 0 Å². The van der Waals surface area contributed by atoms with Crippen molar-refractivity contribution in [1.29, 1.82) is 0 Å². The molecule has 0 unspecified atom stereocenters. The molecule has 0 saturated carbocycles. The Hall–Kier alpha value is -3.02. The van der Waals surface area contributed by atoms with E-state index in [9.17, 15) is 9.59 Å². The van der Waals surface area contributed by atoms with Crippen LogP contribution >= 0.6 is 0 Å². The number of ether oxygens (including phenoxy) is 1. The summed E-state index contributed by atoms with van der Waals surface area (Å²) in [6.45, 7) is 4.70. The summed E-state index contributed by atoms with van der Waals surface area (Å²) in [6.07, 6.45) is 2.17. The molecule has 4 N–H and O–H groups in total. The normalized spacial score (nSPS) is 10.2. The summed E-state index contributed by atoms with van der Waals surface area (Å²) in [6, 6.07) is 12.5. The van der Waals surface area contributed by atoms with Crippen molar-refractivity contribution in [2.75, 3.05) is 18.5 Å². The van der Waals surface area contributed by atoms with Gasteiger partial charge in [0.2, 0.25) is 5.91 Å². The number of benzene rings is 2. The Morgan fingerprint density at radius 2 is 1.85 bits per heavy atom. The van der Waals surface area contributed by atoms with Gasteiger partial charge in [-0.1, -0.05) is 31.5 Å². The van der Waals surface area contributed by atoms with E-state index in [1.165, 1.54) is 5.56 Å². The van der Waals surface area contributed by atoms with Crippen LogP contribution in [0.1, 0.15) is 34.8 Å². The molecule has 0 saturated heterocycles. The van der Waals surface area contributed by atoms with Crippen LogP contribution in [-0.2, 0) is 6.42 Å². The van der Waals surface area contributed by atoms with Crippen LogP contribution in [0.25, 0.3) is 0 Å². The molecule has 2 rings (SSSR count). The number of primary amides is 1. The van der Waals surface area contributed by atoms with Crippen molar-refractivity contribution in [3.05, 3.63) is 59.2 Å². The van der Waals surface area contributed by atoms with E-state index in [2.05, 4.69) is 17.6 Å². The predicted molar refractivity (Wildman–Crippen MR) is 103 cm³/mol. The maximum atomic E-state index is 12.0. The summed E-state index contributed by atoms with van der Waals surface area (Å²) < 4.78 is 5.61. The second kappa shape index (κ2) is 9.46. The predicted octanol–water partition coefficient (Wildman–Crippen LogP) is 3.25. The second-order valence-electron chi connectivity index (χ2n) is 6.02. The molecule has 6 nitrogen and oxygen atoms in total. The molecule has 0 spiro atoms. The number of carbonyl (C=O) groups excluding carboxylic acids is 2. The number of rotatable bonds is 8. The molecule has 26 heavy (non-hydrogen) atoms. The van der Waals surface area contributed by atoms with Gasteiger partial charge >= 0.3 is 6.03 Å². The number of nitrogens with two attached hydrogens (primary N) is 1. The van der Waals surface area contributed by atoms with Gasteiger partial charge in [-0.25, -0.2) is 4.79 Å². The first-order chi connectivity index (χ1) is 12.5. The van der Waals surface area contributed by atoms with Gasteiger partial charge in [0.1, 0.15) is 12.4 Å². The molecule has 3 amide bonds. The molecule has 0 aliphatic rings. The smallest absolute Gasteiger partial charge is 0.319 e. The summed E-state index contributed by atoms with van der Waals surface area (Å²) in [5.41, 5.74) is 8.28. The first kappa shape index (κ1) is 19.3. The van der Waals surface area contributed by atoms with Crippen molar-refractivity contribution in [2.45, 2.75) is 26.7 Å². The molecule has 6 heteroatoms. The number of nitrogens with one attached hydrogen (secondary N) is 2. The molecule has 0 fully saturated rings. The fourth-order valence-corrected chi connectivity index (χ4v) is 2.45. The largest absolute Gasteiger partial charge is 0.492 e. The molecule has 0 radical (unpaired) electrons. The average molecular weight is 355 g/mol. The Morgan fingerprint density at radius 1 is 1.12 bits per heavy atom. The minimum absolute atomic E-state index is 0.348. The summed E-state index contributed by atoms with van der Waals surface area (Å²) >= 11 is 0. The van der Waals surface area contributed by atoms with E-state index in [4.69, 9.17) is 10.5 Å². The number of hydrogen-bond acceptors (Lipinski definition) is 3. The Labute approximate surface area is 153 Å². The molecule has 0 aliphatic heterocycles. The van der Waals surface area contributed by atoms with Crippen molar-refractivity contribution < 1.29 is 14.3 Å². The van der Waals surface area contributed by atoms with Crippen LogP contribution < -0.4 is 21.1 Å². The Kier molecular flexibility index (Phi) is 7.02. The lowest BCUT2D eigenvalue weighted by molar-refractivity contribution is 0.1000. The quantitative estimate of drug-likeness (QED) is 0.635. The minimum atomic E-state index is -0.535. The molecule has 2 aromatic rings. The van der Waals surface area contributed by atoms with Gasteiger partial charge in [-0.05, 0) is 48.7 Å². The first-order valence-electron chi connectivity index (χ1n) is 8.66. The Morgan fingerprint density at radius 3 is 2.50 bits per heavy atom. The van der Waals surface area contributed by atoms with E-state index in [0.29, 0.717) is 24.4 Å². The summed E-state index contributed by atoms with van der Waals surface area (Å²) in [5.74, 6) is 0.240. The zero-order chi connectivity index (χ0) is 18.9. The summed E-state index contributed by atoms with van der Waals surface area (Å²) in [7, 11) is 0. The SMILES string of the molecule is CCCc1ccc(OCCNC(=O)Nc2cc(C(N)=O)ccc2C)cc1. The third-order valence-electron chi connectivity index (χ3n) is 3.89. The third-order valence-corrected chi connectivity index (χ3v) is 3.89. The first-order valence-corrected chi connectivity index (χ1v) is 8.66. The van der Waals surface area contributed by atoms with Gasteiger partial charge in [0.25, 0.3) is 0 Å². The molecule has 0 aromatic heterocycles. The lowest BCUT2D eigenvalue weighted by atomic mass is 10.1. The topological polar surface area (TPSA) is 93.4 Å². The van der Waals surface area contributed by atoms with Crippen LogP contribution in [0.5, 0.6) is 5.75 Å². The highest BCUT2D eigenvalue weighted by Gasteiger charge is 2.07. The van der Waals surface area contributed by atoms with Gasteiger partial charge in [-0.3, -0.25) is 4.79 Å². The molecule has 0 bridgehead atoms. The zero-order valence-corrected chi connectivity index (χ0v) is 15.2. The van der Waals surface area contributed by atoms with Crippen LogP contribution in [0.15, 0.2) is 42.5 Å². The van der Waals surface area contributed by atoms with E-state index in [-0.39, 0.29) is 6.03 Å². The lowest BCUT2D eigenvalue weighted by Gasteiger charge is -2.11. The number of aryl methyl sites for hydroxylation is 2. The number of urea groups is 1. The highest BCUT2D eigenvalue weighted by molar-refractivity contribution is 5.96. The maximum Gasteiger partial charge on any atom is 0.319 e. The molecule has 0 heterocycles. The van der Waals surface area contributed by atoms with Crippen LogP contribution in [0.2, 0.25) is 0 Å². The fourth-order valence-electron chi connectivity index (χ4n) is 2.45. The average Bonchev–Trinajstić information content (AvgIpc) is 2.62. The number of anilines is 1. The van der Waals surface area contributed by atoms with Crippen molar-refractivity contribution in [3.63, 3.8) is 0 Å².